The van der Waals surface area contributed by atoms with Crippen molar-refractivity contribution in [3.63, 3.8) is 0 Å². The lowest BCUT2D eigenvalue weighted by Crippen LogP contribution is -2.46. The van der Waals surface area contributed by atoms with Crippen LogP contribution in [0, 0.1) is 13.8 Å². The van der Waals surface area contributed by atoms with Gasteiger partial charge in [0.15, 0.2) is 5.52 Å². The Morgan fingerprint density at radius 1 is 0.927 bits per heavy atom. The van der Waals surface area contributed by atoms with Crippen LogP contribution in [0.1, 0.15) is 41.6 Å². The van der Waals surface area contributed by atoms with Crippen LogP contribution in [0.3, 0.4) is 0 Å². The van der Waals surface area contributed by atoms with E-state index >= 15 is 0 Å². The molecule has 0 spiro atoms. The number of benzene rings is 3. The van der Waals surface area contributed by atoms with Crippen LogP contribution in [0.15, 0.2) is 70.9 Å². The van der Waals surface area contributed by atoms with Crippen molar-refractivity contribution >= 4 is 44.7 Å². The third-order valence-corrected chi connectivity index (χ3v) is 8.76. The molecule has 1 saturated heterocycles. The number of aromatic nitrogens is 3. The minimum atomic E-state index is 0.804. The molecule has 2 fully saturated rings. The summed E-state index contributed by atoms with van der Waals surface area (Å²) >= 11 is 0. The van der Waals surface area contributed by atoms with Crippen LogP contribution in [0.2, 0.25) is 0 Å². The number of pyridine rings is 1. The molecule has 3 heterocycles. The Morgan fingerprint density at radius 3 is 2.56 bits per heavy atom. The van der Waals surface area contributed by atoms with Gasteiger partial charge in [0, 0.05) is 66.4 Å². The zero-order valence-corrected chi connectivity index (χ0v) is 23.7. The topological polar surface area (TPSA) is 96.3 Å². The summed E-state index contributed by atoms with van der Waals surface area (Å²) in [5.41, 5.74) is 19.4. The number of hydrogen-bond acceptors (Lipinski definition) is 8. The number of piperazine rings is 1. The fraction of sp³-hybridized carbons (Fsp3) is 0.303. The highest BCUT2D eigenvalue weighted by atomic mass is 16.6. The molecule has 0 amide bonds. The predicted octanol–water partition coefficient (Wildman–Crippen LogP) is 6.30. The molecule has 1 aliphatic heterocycles. The van der Waals surface area contributed by atoms with Crippen molar-refractivity contribution in [2.45, 2.75) is 39.7 Å². The molecule has 3 N–H and O–H groups in total. The lowest BCUT2D eigenvalue weighted by atomic mass is 9.87. The van der Waals surface area contributed by atoms with Gasteiger partial charge in [0.1, 0.15) is 5.52 Å². The molecule has 0 bridgehead atoms. The maximum absolute atomic E-state index is 6.52. The van der Waals surface area contributed by atoms with Gasteiger partial charge in [0.25, 0.3) is 0 Å². The molecule has 8 heteroatoms. The van der Waals surface area contributed by atoms with Gasteiger partial charge in [0.05, 0.1) is 11.2 Å². The monoisotopic (exact) mass is 545 g/mol. The van der Waals surface area contributed by atoms with Crippen molar-refractivity contribution in [3.8, 4) is 0 Å². The van der Waals surface area contributed by atoms with Gasteiger partial charge >= 0.3 is 0 Å². The van der Waals surface area contributed by atoms with E-state index in [4.69, 9.17) is 15.3 Å². The van der Waals surface area contributed by atoms with Crippen molar-refractivity contribution in [1.29, 1.82) is 0 Å². The van der Waals surface area contributed by atoms with Crippen molar-refractivity contribution in [1.82, 2.24) is 20.2 Å². The van der Waals surface area contributed by atoms with Crippen LogP contribution in [0.5, 0.6) is 0 Å². The first-order chi connectivity index (χ1) is 20.0. The Balaban J connectivity index is 1.12. The van der Waals surface area contributed by atoms with Gasteiger partial charge < -0.3 is 16.0 Å². The first-order valence-corrected chi connectivity index (χ1v) is 14.5. The van der Waals surface area contributed by atoms with E-state index in [-0.39, 0.29) is 0 Å². The summed E-state index contributed by atoms with van der Waals surface area (Å²) in [6.45, 7) is 8.79. The SMILES string of the molecule is Cc1nc2ccc(NC(=C3CCC3)c3ccccc3CN3CCN(c4cccc5nonc45)CC3)cc2c(N)c1C. The second-order valence-electron chi connectivity index (χ2n) is 11.3. The summed E-state index contributed by atoms with van der Waals surface area (Å²) in [7, 11) is 0. The van der Waals surface area contributed by atoms with Gasteiger partial charge in [-0.1, -0.05) is 30.3 Å². The van der Waals surface area contributed by atoms with E-state index in [0.29, 0.717) is 0 Å². The third-order valence-electron chi connectivity index (χ3n) is 8.76. The summed E-state index contributed by atoms with van der Waals surface area (Å²) in [6.07, 6.45) is 3.51. The van der Waals surface area contributed by atoms with Gasteiger partial charge in [-0.15, -0.1) is 0 Å². The normalized spacial score (nSPS) is 15.9. The molecule has 3 aromatic carbocycles. The van der Waals surface area contributed by atoms with Gasteiger partial charge in [-0.2, -0.15) is 0 Å². The Kier molecular flexibility index (Phi) is 6.55. The smallest absolute Gasteiger partial charge is 0.158 e. The number of nitrogens with one attached hydrogen (secondary N) is 1. The molecule has 0 radical (unpaired) electrons. The van der Waals surface area contributed by atoms with Crippen LogP contribution < -0.4 is 16.0 Å². The van der Waals surface area contributed by atoms with Crippen LogP contribution in [-0.4, -0.2) is 46.4 Å². The molecule has 208 valence electrons. The summed E-state index contributed by atoms with van der Waals surface area (Å²) in [5, 5.41) is 13.0. The van der Waals surface area contributed by atoms with Gasteiger partial charge in [0.2, 0.25) is 0 Å². The zero-order valence-electron chi connectivity index (χ0n) is 23.7. The first-order valence-electron chi connectivity index (χ1n) is 14.5. The standard InChI is InChI=1S/C33H35N7O/c1-21-22(2)35-28-14-13-25(19-27(28)31(21)34)36-32(23-8-5-9-23)26-10-4-3-7-24(26)20-39-15-17-40(18-16-39)30-12-6-11-29-33(30)38-41-37-29/h3-4,6-7,10-14,19,36H,5,8-9,15-18,20H2,1-2H3,(H2,34,35). The van der Waals surface area contributed by atoms with E-state index in [2.05, 4.69) is 74.0 Å². The highest BCUT2D eigenvalue weighted by Gasteiger charge is 2.23. The maximum Gasteiger partial charge on any atom is 0.158 e. The number of hydrogen-bond donors (Lipinski definition) is 2. The lowest BCUT2D eigenvalue weighted by Gasteiger charge is -2.36. The number of nitrogens with zero attached hydrogens (tertiary/aromatic N) is 5. The van der Waals surface area contributed by atoms with Crippen molar-refractivity contribution in [2.24, 2.45) is 0 Å². The molecule has 2 aromatic heterocycles. The van der Waals surface area contributed by atoms with Crippen LogP contribution in [-0.2, 0) is 6.54 Å². The highest BCUT2D eigenvalue weighted by molar-refractivity contribution is 5.95. The molecule has 5 aromatic rings. The predicted molar refractivity (Wildman–Crippen MR) is 166 cm³/mol. The summed E-state index contributed by atoms with van der Waals surface area (Å²) in [5.74, 6) is 0. The van der Waals surface area contributed by atoms with E-state index in [0.717, 1.165) is 95.8 Å². The fourth-order valence-corrected chi connectivity index (χ4v) is 6.02. The molecule has 0 atom stereocenters. The van der Waals surface area contributed by atoms with Gasteiger partial charge in [-0.25, -0.2) is 4.63 Å². The summed E-state index contributed by atoms with van der Waals surface area (Å²) < 4.78 is 4.99. The largest absolute Gasteiger partial charge is 0.398 e. The Labute approximate surface area is 239 Å². The quantitative estimate of drug-likeness (QED) is 0.257. The van der Waals surface area contributed by atoms with E-state index in [9.17, 15) is 0 Å². The van der Waals surface area contributed by atoms with E-state index in [1.54, 1.807) is 0 Å². The van der Waals surface area contributed by atoms with Crippen molar-refractivity contribution < 1.29 is 4.63 Å². The van der Waals surface area contributed by atoms with Crippen molar-refractivity contribution in [2.75, 3.05) is 42.1 Å². The fourth-order valence-electron chi connectivity index (χ4n) is 6.02. The highest BCUT2D eigenvalue weighted by Crippen LogP contribution is 2.37. The molecule has 41 heavy (non-hydrogen) atoms. The molecular formula is C33H35N7O. The maximum atomic E-state index is 6.52. The second-order valence-corrected chi connectivity index (χ2v) is 11.3. The van der Waals surface area contributed by atoms with Crippen LogP contribution >= 0.6 is 0 Å². The molecule has 0 unspecified atom stereocenters. The van der Waals surface area contributed by atoms with Gasteiger partial charge in [-0.05, 0) is 90.5 Å². The average molecular weight is 546 g/mol. The Morgan fingerprint density at radius 2 is 1.76 bits per heavy atom. The number of allylic oxidation sites excluding steroid dienone is 1. The number of nitrogen functional groups attached to an aromatic ring is 1. The molecule has 2 aliphatic rings. The lowest BCUT2D eigenvalue weighted by molar-refractivity contribution is 0.249. The number of anilines is 3. The molecule has 1 aliphatic carbocycles. The van der Waals surface area contributed by atoms with E-state index < -0.39 is 0 Å². The Hall–Kier alpha value is -4.43. The molecule has 1 saturated carbocycles. The Bertz CT molecular complexity index is 1780. The minimum absolute atomic E-state index is 0.804. The third kappa shape index (κ3) is 4.78. The molecule has 8 nitrogen and oxygen atoms in total. The van der Waals surface area contributed by atoms with Crippen LogP contribution in [0.4, 0.5) is 17.1 Å². The minimum Gasteiger partial charge on any atom is -0.398 e. The van der Waals surface area contributed by atoms with E-state index in [1.165, 1.54) is 28.8 Å². The average Bonchev–Trinajstić information content (AvgIpc) is 3.45. The van der Waals surface area contributed by atoms with Crippen LogP contribution in [0.25, 0.3) is 27.6 Å². The first kappa shape index (κ1) is 25.5. The molecule has 7 rings (SSSR count). The number of rotatable bonds is 6. The summed E-state index contributed by atoms with van der Waals surface area (Å²) in [6, 6.07) is 21.3. The number of aryl methyl sites for hydroxylation is 1. The van der Waals surface area contributed by atoms with Gasteiger partial charge in [-0.3, -0.25) is 9.88 Å². The second kappa shape index (κ2) is 10.5. The zero-order chi connectivity index (χ0) is 27.9. The number of nitrogens with two attached hydrogens (primary N) is 1. The summed E-state index contributed by atoms with van der Waals surface area (Å²) in [4.78, 5) is 9.69. The van der Waals surface area contributed by atoms with Crippen molar-refractivity contribution in [3.05, 3.63) is 88.6 Å². The van der Waals surface area contributed by atoms with E-state index in [1.807, 2.05) is 26.0 Å². The number of fused-ring (bicyclic) bond motifs is 2. The molecular weight excluding hydrogens is 510 g/mol.